The minimum Gasteiger partial charge on any atom is -0.354 e. The van der Waals surface area contributed by atoms with Gasteiger partial charge in [0.15, 0.2) is 0 Å². The molecule has 2 amide bonds. The highest BCUT2D eigenvalue weighted by Crippen LogP contribution is 2.21. The number of nitrogens with one attached hydrogen (secondary N) is 2. The van der Waals surface area contributed by atoms with Crippen LogP contribution in [0.15, 0.2) is 29.0 Å². The Morgan fingerprint density at radius 2 is 2.22 bits per heavy atom. The molecule has 1 fully saturated rings. The lowest BCUT2D eigenvalue weighted by Crippen LogP contribution is -2.45. The van der Waals surface area contributed by atoms with Gasteiger partial charge in [0.25, 0.3) is 5.91 Å². The van der Waals surface area contributed by atoms with Crippen molar-refractivity contribution in [2.24, 2.45) is 0 Å². The molecular weight excluding hydrogens is 310 g/mol. The van der Waals surface area contributed by atoms with Gasteiger partial charge >= 0.3 is 0 Å². The Hall–Kier alpha value is -2.21. The molecule has 1 aliphatic heterocycles. The van der Waals surface area contributed by atoms with Gasteiger partial charge in [0, 0.05) is 17.5 Å². The predicted octanol–water partition coefficient (Wildman–Crippen LogP) is 2.52. The molecule has 0 bridgehead atoms. The fraction of sp³-hybridized carbons (Fsp3) is 0.353. The number of aromatic nitrogens is 1. The number of hydrogen-bond donors (Lipinski definition) is 2. The van der Waals surface area contributed by atoms with Crippen LogP contribution in [-0.4, -0.2) is 29.4 Å². The SMILES string of the molecule is Cc1nc(-c2ccsc2)ccc1C(=O)N[C@H]1CCCCNC1=O. The van der Waals surface area contributed by atoms with Gasteiger partial charge in [-0.15, -0.1) is 0 Å². The first-order chi connectivity index (χ1) is 11.1. The molecular formula is C17H19N3O2S. The third-order valence-electron chi connectivity index (χ3n) is 3.99. The van der Waals surface area contributed by atoms with Gasteiger partial charge < -0.3 is 10.6 Å². The molecule has 23 heavy (non-hydrogen) atoms. The molecule has 2 aromatic rings. The Balaban J connectivity index is 1.75. The number of pyridine rings is 1. The van der Waals surface area contributed by atoms with Crippen LogP contribution in [-0.2, 0) is 4.79 Å². The summed E-state index contributed by atoms with van der Waals surface area (Å²) in [6.45, 7) is 2.50. The van der Waals surface area contributed by atoms with E-state index in [4.69, 9.17) is 0 Å². The lowest BCUT2D eigenvalue weighted by Gasteiger charge is -2.16. The van der Waals surface area contributed by atoms with Crippen LogP contribution >= 0.6 is 11.3 Å². The zero-order chi connectivity index (χ0) is 16.2. The zero-order valence-electron chi connectivity index (χ0n) is 13.0. The number of amides is 2. The smallest absolute Gasteiger partial charge is 0.253 e. The Bertz CT molecular complexity index is 713. The van der Waals surface area contributed by atoms with E-state index in [-0.39, 0.29) is 11.8 Å². The summed E-state index contributed by atoms with van der Waals surface area (Å²) >= 11 is 1.61. The first kappa shape index (κ1) is 15.7. The van der Waals surface area contributed by atoms with Crippen molar-refractivity contribution in [3.8, 4) is 11.3 Å². The minimum atomic E-state index is -0.457. The molecule has 5 nitrogen and oxygen atoms in total. The third kappa shape index (κ3) is 3.59. The lowest BCUT2D eigenvalue weighted by atomic mass is 10.1. The van der Waals surface area contributed by atoms with E-state index in [1.54, 1.807) is 17.4 Å². The average Bonchev–Trinajstić information content (AvgIpc) is 3.00. The number of carbonyl (C=O) groups is 2. The topological polar surface area (TPSA) is 71.1 Å². The Kier molecular flexibility index (Phi) is 4.71. The van der Waals surface area contributed by atoms with Crippen molar-refractivity contribution in [3.05, 3.63) is 40.2 Å². The number of nitrogens with zero attached hydrogens (tertiary/aromatic N) is 1. The van der Waals surface area contributed by atoms with Crippen molar-refractivity contribution in [1.29, 1.82) is 0 Å². The molecule has 120 valence electrons. The molecule has 0 spiro atoms. The summed E-state index contributed by atoms with van der Waals surface area (Å²) in [4.78, 5) is 28.9. The lowest BCUT2D eigenvalue weighted by molar-refractivity contribution is -0.122. The summed E-state index contributed by atoms with van der Waals surface area (Å²) < 4.78 is 0. The number of carbonyl (C=O) groups excluding carboxylic acids is 2. The second kappa shape index (κ2) is 6.91. The van der Waals surface area contributed by atoms with Crippen molar-refractivity contribution < 1.29 is 9.59 Å². The van der Waals surface area contributed by atoms with E-state index in [1.165, 1.54) is 0 Å². The van der Waals surface area contributed by atoms with Gasteiger partial charge in [-0.3, -0.25) is 14.6 Å². The third-order valence-corrected chi connectivity index (χ3v) is 4.67. The van der Waals surface area contributed by atoms with Gasteiger partial charge in [-0.05, 0) is 49.8 Å². The first-order valence-corrected chi connectivity index (χ1v) is 8.68. The van der Waals surface area contributed by atoms with E-state index < -0.39 is 6.04 Å². The van der Waals surface area contributed by atoms with E-state index >= 15 is 0 Å². The fourth-order valence-corrected chi connectivity index (χ4v) is 3.33. The maximum Gasteiger partial charge on any atom is 0.253 e. The van der Waals surface area contributed by atoms with Gasteiger partial charge in [-0.1, -0.05) is 0 Å². The van der Waals surface area contributed by atoms with Gasteiger partial charge in [-0.2, -0.15) is 11.3 Å². The van der Waals surface area contributed by atoms with Crippen LogP contribution < -0.4 is 10.6 Å². The predicted molar refractivity (Wildman–Crippen MR) is 90.4 cm³/mol. The molecule has 0 radical (unpaired) electrons. The largest absolute Gasteiger partial charge is 0.354 e. The summed E-state index contributed by atoms with van der Waals surface area (Å²) in [5.41, 5.74) is 3.09. The van der Waals surface area contributed by atoms with Crippen molar-refractivity contribution >= 4 is 23.2 Å². The van der Waals surface area contributed by atoms with Crippen LogP contribution in [0.3, 0.4) is 0 Å². The molecule has 2 aromatic heterocycles. The minimum absolute atomic E-state index is 0.101. The quantitative estimate of drug-likeness (QED) is 0.909. The maximum absolute atomic E-state index is 12.5. The molecule has 2 N–H and O–H groups in total. The Morgan fingerprint density at radius 3 is 2.96 bits per heavy atom. The van der Waals surface area contributed by atoms with Gasteiger partial charge in [0.05, 0.1) is 17.0 Å². The highest BCUT2D eigenvalue weighted by atomic mass is 32.1. The van der Waals surface area contributed by atoms with Crippen LogP contribution in [0.1, 0.15) is 35.3 Å². The molecule has 0 saturated carbocycles. The second-order valence-corrected chi connectivity index (χ2v) is 6.43. The number of hydrogen-bond acceptors (Lipinski definition) is 4. The molecule has 6 heteroatoms. The zero-order valence-corrected chi connectivity index (χ0v) is 13.8. The number of rotatable bonds is 3. The van der Waals surface area contributed by atoms with Crippen molar-refractivity contribution in [3.63, 3.8) is 0 Å². The molecule has 0 aromatic carbocycles. The monoisotopic (exact) mass is 329 g/mol. The van der Waals surface area contributed by atoms with Crippen LogP contribution in [0.2, 0.25) is 0 Å². The number of thiophene rings is 1. The van der Waals surface area contributed by atoms with E-state index in [1.807, 2.05) is 29.8 Å². The van der Waals surface area contributed by atoms with Crippen molar-refractivity contribution in [2.75, 3.05) is 6.54 Å². The highest BCUT2D eigenvalue weighted by molar-refractivity contribution is 7.08. The normalized spacial score (nSPS) is 18.1. The molecule has 1 atom stereocenters. The molecule has 0 unspecified atom stereocenters. The van der Waals surface area contributed by atoms with Gasteiger partial charge in [0.1, 0.15) is 6.04 Å². The standard InChI is InChI=1S/C17H19N3O2S/c1-11-13(5-6-14(19-11)12-7-9-23-10-12)16(21)20-15-4-2-3-8-18-17(15)22/h5-7,9-10,15H,2-4,8H2,1H3,(H,18,22)(H,20,21)/t15-/m0/s1. The van der Waals surface area contributed by atoms with E-state index in [0.717, 1.165) is 24.1 Å². The van der Waals surface area contributed by atoms with E-state index in [9.17, 15) is 9.59 Å². The molecule has 3 heterocycles. The van der Waals surface area contributed by atoms with Crippen molar-refractivity contribution in [1.82, 2.24) is 15.6 Å². The second-order valence-electron chi connectivity index (χ2n) is 5.65. The Labute approximate surface area is 139 Å². The average molecular weight is 329 g/mol. The van der Waals surface area contributed by atoms with Gasteiger partial charge in [-0.25, -0.2) is 0 Å². The van der Waals surface area contributed by atoms with Crippen LogP contribution in [0.5, 0.6) is 0 Å². The Morgan fingerprint density at radius 1 is 1.35 bits per heavy atom. The van der Waals surface area contributed by atoms with E-state index in [0.29, 0.717) is 24.2 Å². The van der Waals surface area contributed by atoms with Crippen LogP contribution in [0.4, 0.5) is 0 Å². The highest BCUT2D eigenvalue weighted by Gasteiger charge is 2.23. The summed E-state index contributed by atoms with van der Waals surface area (Å²) in [6.07, 6.45) is 2.56. The summed E-state index contributed by atoms with van der Waals surface area (Å²) in [5.74, 6) is -0.342. The molecule has 1 aliphatic rings. The van der Waals surface area contributed by atoms with Crippen LogP contribution in [0, 0.1) is 6.92 Å². The summed E-state index contributed by atoms with van der Waals surface area (Å²) in [6, 6.07) is 5.17. The van der Waals surface area contributed by atoms with Crippen LogP contribution in [0.25, 0.3) is 11.3 Å². The van der Waals surface area contributed by atoms with Crippen molar-refractivity contribution in [2.45, 2.75) is 32.2 Å². The number of aryl methyl sites for hydroxylation is 1. The first-order valence-electron chi connectivity index (χ1n) is 7.74. The summed E-state index contributed by atoms with van der Waals surface area (Å²) in [7, 11) is 0. The van der Waals surface area contributed by atoms with Gasteiger partial charge in [0.2, 0.25) is 5.91 Å². The molecule has 0 aliphatic carbocycles. The summed E-state index contributed by atoms with van der Waals surface area (Å²) in [5, 5.41) is 9.68. The fourth-order valence-electron chi connectivity index (χ4n) is 2.69. The molecule has 1 saturated heterocycles. The molecule has 3 rings (SSSR count). The van der Waals surface area contributed by atoms with E-state index in [2.05, 4.69) is 15.6 Å². The maximum atomic E-state index is 12.5.